The molecule has 16 heavy (non-hydrogen) atoms. The molecule has 0 aromatic heterocycles. The first-order valence-corrected chi connectivity index (χ1v) is 4.99. The van der Waals surface area contributed by atoms with E-state index >= 15 is 0 Å². The molecule has 0 saturated heterocycles. The van der Waals surface area contributed by atoms with Gasteiger partial charge in [-0.05, 0) is 25.1 Å². The number of nitrogens with two attached hydrogens (primary N) is 1. The third kappa shape index (κ3) is 3.90. The van der Waals surface area contributed by atoms with E-state index in [2.05, 4.69) is 4.74 Å². The molecule has 0 amide bonds. The molecular formula is C10H11ClF3NO. The SMILES string of the molecule is NCCc1c(Cl)cccc1OCC(F)(F)F. The van der Waals surface area contributed by atoms with Crippen LogP contribution in [0.5, 0.6) is 5.75 Å². The summed E-state index contributed by atoms with van der Waals surface area (Å²) in [6, 6.07) is 4.57. The summed E-state index contributed by atoms with van der Waals surface area (Å²) in [6.45, 7) is -1.03. The number of hydrogen-bond donors (Lipinski definition) is 1. The zero-order valence-corrected chi connectivity index (χ0v) is 9.11. The predicted octanol–water partition coefficient (Wildman–Crippen LogP) is 2.78. The molecule has 0 spiro atoms. The molecule has 2 N–H and O–H groups in total. The molecule has 0 heterocycles. The third-order valence-electron chi connectivity index (χ3n) is 1.86. The second-order valence-electron chi connectivity index (χ2n) is 3.16. The topological polar surface area (TPSA) is 35.2 Å². The van der Waals surface area contributed by atoms with Crippen molar-refractivity contribution in [3.05, 3.63) is 28.8 Å². The summed E-state index contributed by atoms with van der Waals surface area (Å²) < 4.78 is 40.6. The molecule has 0 aliphatic rings. The van der Waals surface area contributed by atoms with Gasteiger partial charge in [0.2, 0.25) is 0 Å². The minimum atomic E-state index is -4.36. The molecule has 1 aromatic carbocycles. The summed E-state index contributed by atoms with van der Waals surface area (Å²) in [5, 5.41) is 0.366. The van der Waals surface area contributed by atoms with Crippen molar-refractivity contribution in [1.82, 2.24) is 0 Å². The molecule has 0 fully saturated rings. The van der Waals surface area contributed by atoms with Crippen molar-refractivity contribution in [2.75, 3.05) is 13.2 Å². The fourth-order valence-corrected chi connectivity index (χ4v) is 1.48. The van der Waals surface area contributed by atoms with E-state index in [9.17, 15) is 13.2 Å². The quantitative estimate of drug-likeness (QED) is 0.896. The molecule has 90 valence electrons. The van der Waals surface area contributed by atoms with Crippen molar-refractivity contribution >= 4 is 11.6 Å². The van der Waals surface area contributed by atoms with E-state index in [0.29, 0.717) is 23.6 Å². The van der Waals surface area contributed by atoms with Crippen molar-refractivity contribution in [2.24, 2.45) is 5.73 Å². The van der Waals surface area contributed by atoms with Crippen LogP contribution in [0.2, 0.25) is 5.02 Å². The van der Waals surface area contributed by atoms with Crippen LogP contribution in [-0.2, 0) is 6.42 Å². The van der Waals surface area contributed by atoms with Gasteiger partial charge in [0.05, 0.1) is 0 Å². The van der Waals surface area contributed by atoms with Crippen LogP contribution in [0.3, 0.4) is 0 Å². The van der Waals surface area contributed by atoms with E-state index < -0.39 is 12.8 Å². The van der Waals surface area contributed by atoms with Crippen molar-refractivity contribution in [3.8, 4) is 5.75 Å². The standard InChI is InChI=1S/C10H11ClF3NO/c11-8-2-1-3-9(7(8)4-5-15)16-6-10(12,13)14/h1-3H,4-6,15H2. The number of hydrogen-bond acceptors (Lipinski definition) is 2. The summed E-state index contributed by atoms with van der Waals surface area (Å²) in [6.07, 6.45) is -3.98. The maximum absolute atomic E-state index is 12.0. The van der Waals surface area contributed by atoms with E-state index in [-0.39, 0.29) is 5.75 Å². The first-order valence-electron chi connectivity index (χ1n) is 4.61. The number of halogens is 4. The minimum absolute atomic E-state index is 0.135. The van der Waals surface area contributed by atoms with Gasteiger partial charge < -0.3 is 10.5 Å². The molecular weight excluding hydrogens is 243 g/mol. The molecule has 2 nitrogen and oxygen atoms in total. The Balaban J connectivity index is 2.82. The van der Waals surface area contributed by atoms with E-state index in [1.54, 1.807) is 6.07 Å². The summed E-state index contributed by atoms with van der Waals surface area (Å²) in [4.78, 5) is 0. The van der Waals surface area contributed by atoms with Crippen LogP contribution in [0.15, 0.2) is 18.2 Å². The fourth-order valence-electron chi connectivity index (χ4n) is 1.22. The lowest BCUT2D eigenvalue weighted by molar-refractivity contribution is -0.153. The van der Waals surface area contributed by atoms with Gasteiger partial charge in [0, 0.05) is 10.6 Å². The van der Waals surface area contributed by atoms with Crippen LogP contribution >= 0.6 is 11.6 Å². The maximum atomic E-state index is 12.0. The van der Waals surface area contributed by atoms with Gasteiger partial charge in [0.15, 0.2) is 6.61 Å². The van der Waals surface area contributed by atoms with Crippen LogP contribution in [0.4, 0.5) is 13.2 Å². The Kier molecular flexibility index (Phi) is 4.44. The smallest absolute Gasteiger partial charge is 0.422 e. The normalized spacial score (nSPS) is 11.6. The van der Waals surface area contributed by atoms with Crippen LogP contribution < -0.4 is 10.5 Å². The van der Waals surface area contributed by atoms with Gasteiger partial charge in [-0.15, -0.1) is 0 Å². The van der Waals surface area contributed by atoms with E-state index in [1.807, 2.05) is 0 Å². The molecule has 0 atom stereocenters. The third-order valence-corrected chi connectivity index (χ3v) is 2.22. The first-order chi connectivity index (χ1) is 7.44. The number of alkyl halides is 3. The molecule has 0 aliphatic heterocycles. The monoisotopic (exact) mass is 253 g/mol. The average molecular weight is 254 g/mol. The number of ether oxygens (including phenoxy) is 1. The second-order valence-corrected chi connectivity index (χ2v) is 3.57. The highest BCUT2D eigenvalue weighted by Gasteiger charge is 2.28. The second kappa shape index (κ2) is 5.41. The van der Waals surface area contributed by atoms with Crippen molar-refractivity contribution in [2.45, 2.75) is 12.6 Å². The Morgan fingerprint density at radius 2 is 2.00 bits per heavy atom. The average Bonchev–Trinajstić information content (AvgIpc) is 2.18. The Morgan fingerprint density at radius 3 is 2.56 bits per heavy atom. The molecule has 0 bridgehead atoms. The van der Waals surface area contributed by atoms with Gasteiger partial charge in [-0.3, -0.25) is 0 Å². The van der Waals surface area contributed by atoms with Gasteiger partial charge in [-0.1, -0.05) is 17.7 Å². The predicted molar refractivity (Wildman–Crippen MR) is 55.8 cm³/mol. The molecule has 1 rings (SSSR count). The van der Waals surface area contributed by atoms with Crippen LogP contribution in [-0.4, -0.2) is 19.3 Å². The van der Waals surface area contributed by atoms with Gasteiger partial charge in [0.1, 0.15) is 5.75 Å². The first kappa shape index (κ1) is 13.1. The lowest BCUT2D eigenvalue weighted by atomic mass is 10.1. The van der Waals surface area contributed by atoms with Crippen LogP contribution in [0.1, 0.15) is 5.56 Å². The number of benzene rings is 1. The lowest BCUT2D eigenvalue weighted by Gasteiger charge is -2.13. The Bertz CT molecular complexity index is 354. The fraction of sp³-hybridized carbons (Fsp3) is 0.400. The summed E-state index contributed by atoms with van der Waals surface area (Å²) in [7, 11) is 0. The van der Waals surface area contributed by atoms with Crippen LogP contribution in [0.25, 0.3) is 0 Å². The minimum Gasteiger partial charge on any atom is -0.484 e. The zero-order chi connectivity index (χ0) is 12.2. The highest BCUT2D eigenvalue weighted by atomic mass is 35.5. The Morgan fingerprint density at radius 1 is 1.31 bits per heavy atom. The molecule has 0 unspecified atom stereocenters. The Labute approximate surface area is 96.1 Å². The highest BCUT2D eigenvalue weighted by molar-refractivity contribution is 6.31. The number of rotatable bonds is 4. The molecule has 0 saturated carbocycles. The van der Waals surface area contributed by atoms with Gasteiger partial charge in [-0.2, -0.15) is 13.2 Å². The van der Waals surface area contributed by atoms with Gasteiger partial charge in [-0.25, -0.2) is 0 Å². The summed E-state index contributed by atoms with van der Waals surface area (Å²) in [5.41, 5.74) is 5.85. The van der Waals surface area contributed by atoms with Gasteiger partial charge in [0.25, 0.3) is 0 Å². The molecule has 0 radical (unpaired) electrons. The van der Waals surface area contributed by atoms with Crippen LogP contribution in [0, 0.1) is 0 Å². The van der Waals surface area contributed by atoms with Crippen molar-refractivity contribution in [1.29, 1.82) is 0 Å². The highest BCUT2D eigenvalue weighted by Crippen LogP contribution is 2.28. The van der Waals surface area contributed by atoms with Crippen molar-refractivity contribution < 1.29 is 17.9 Å². The summed E-state index contributed by atoms with van der Waals surface area (Å²) in [5.74, 6) is 0.135. The molecule has 1 aromatic rings. The lowest BCUT2D eigenvalue weighted by Crippen LogP contribution is -2.20. The maximum Gasteiger partial charge on any atom is 0.422 e. The molecule has 0 aliphatic carbocycles. The van der Waals surface area contributed by atoms with E-state index in [1.165, 1.54) is 12.1 Å². The summed E-state index contributed by atoms with van der Waals surface area (Å²) >= 11 is 5.84. The zero-order valence-electron chi connectivity index (χ0n) is 8.35. The largest absolute Gasteiger partial charge is 0.484 e. The van der Waals surface area contributed by atoms with Crippen molar-refractivity contribution in [3.63, 3.8) is 0 Å². The van der Waals surface area contributed by atoms with E-state index in [0.717, 1.165) is 0 Å². The van der Waals surface area contributed by atoms with E-state index in [4.69, 9.17) is 17.3 Å². The Hall–Kier alpha value is -0.940. The molecule has 6 heteroatoms. The van der Waals surface area contributed by atoms with Gasteiger partial charge >= 0.3 is 6.18 Å².